The van der Waals surface area contributed by atoms with Gasteiger partial charge in [0.05, 0.1) is 6.20 Å². The van der Waals surface area contributed by atoms with E-state index >= 15 is 0 Å². The van der Waals surface area contributed by atoms with Crippen molar-refractivity contribution in [3.05, 3.63) is 18.0 Å². The molecule has 3 atom stereocenters. The molecule has 1 saturated heterocycles. The molecule has 2 aliphatic rings. The zero-order valence-electron chi connectivity index (χ0n) is 6.96. The monoisotopic (exact) mass is 163 g/mol. The molecule has 2 heterocycles. The zero-order valence-corrected chi connectivity index (χ0v) is 6.96. The molecule has 0 radical (unpaired) electrons. The molecule has 0 aromatic carbocycles. The maximum absolute atomic E-state index is 4.00. The van der Waals surface area contributed by atoms with E-state index in [1.165, 1.54) is 24.9 Å². The van der Waals surface area contributed by atoms with Crippen molar-refractivity contribution in [1.82, 2.24) is 15.5 Å². The molecule has 3 rings (SSSR count). The third-order valence-electron chi connectivity index (χ3n) is 3.28. The highest BCUT2D eigenvalue weighted by molar-refractivity contribution is 5.18. The Balaban J connectivity index is 1.87. The van der Waals surface area contributed by atoms with E-state index in [0.29, 0.717) is 0 Å². The second-order valence-electron chi connectivity index (χ2n) is 3.99. The van der Waals surface area contributed by atoms with Crippen molar-refractivity contribution >= 4 is 0 Å². The van der Waals surface area contributed by atoms with E-state index in [-0.39, 0.29) is 0 Å². The molecule has 1 aromatic rings. The van der Waals surface area contributed by atoms with Gasteiger partial charge in [0.2, 0.25) is 0 Å². The molecule has 3 unspecified atom stereocenters. The number of fused-ring (bicyclic) bond motifs is 2. The second-order valence-corrected chi connectivity index (χ2v) is 3.99. The summed E-state index contributed by atoms with van der Waals surface area (Å²) >= 11 is 0. The molecule has 64 valence electrons. The van der Waals surface area contributed by atoms with Crippen LogP contribution >= 0.6 is 0 Å². The van der Waals surface area contributed by atoms with Crippen LogP contribution in [0, 0.1) is 5.92 Å². The molecule has 3 nitrogen and oxygen atoms in total. The summed E-state index contributed by atoms with van der Waals surface area (Å²) in [5.74, 6) is 1.65. The van der Waals surface area contributed by atoms with Gasteiger partial charge in [-0.2, -0.15) is 5.10 Å². The lowest BCUT2D eigenvalue weighted by atomic mass is 9.94. The lowest BCUT2D eigenvalue weighted by molar-refractivity contribution is 0.448. The minimum absolute atomic E-state index is 0.725. The van der Waals surface area contributed by atoms with Gasteiger partial charge in [0.1, 0.15) is 0 Å². The van der Waals surface area contributed by atoms with E-state index in [4.69, 9.17) is 0 Å². The predicted molar refractivity (Wildman–Crippen MR) is 45.8 cm³/mol. The minimum atomic E-state index is 0.725. The Kier molecular flexibility index (Phi) is 1.29. The SMILES string of the molecule is c1n[nH]cc1C1CC2CNC1C2. The van der Waals surface area contributed by atoms with E-state index in [1.807, 2.05) is 12.4 Å². The van der Waals surface area contributed by atoms with Crippen LogP contribution in [0.25, 0.3) is 0 Å². The fraction of sp³-hybridized carbons (Fsp3) is 0.667. The van der Waals surface area contributed by atoms with E-state index in [0.717, 1.165) is 17.9 Å². The van der Waals surface area contributed by atoms with Crippen molar-refractivity contribution in [3.63, 3.8) is 0 Å². The van der Waals surface area contributed by atoms with Gasteiger partial charge in [0, 0.05) is 18.2 Å². The number of aromatic amines is 1. The molecule has 12 heavy (non-hydrogen) atoms. The quantitative estimate of drug-likeness (QED) is 0.645. The smallest absolute Gasteiger partial charge is 0.0522 e. The topological polar surface area (TPSA) is 40.7 Å². The first-order valence-electron chi connectivity index (χ1n) is 4.65. The molecular weight excluding hydrogens is 150 g/mol. The van der Waals surface area contributed by atoms with Crippen LogP contribution in [-0.2, 0) is 0 Å². The third-order valence-corrected chi connectivity index (χ3v) is 3.28. The normalized spacial score (nSPS) is 39.2. The van der Waals surface area contributed by atoms with Crippen molar-refractivity contribution in [2.75, 3.05) is 6.54 Å². The summed E-state index contributed by atoms with van der Waals surface area (Å²) in [4.78, 5) is 0. The lowest BCUT2D eigenvalue weighted by Gasteiger charge is -2.21. The number of aromatic nitrogens is 2. The average molecular weight is 163 g/mol. The van der Waals surface area contributed by atoms with Crippen molar-refractivity contribution in [1.29, 1.82) is 0 Å². The third kappa shape index (κ3) is 0.829. The highest BCUT2D eigenvalue weighted by atomic mass is 15.1. The number of hydrogen-bond acceptors (Lipinski definition) is 2. The Hall–Kier alpha value is -0.830. The first-order valence-corrected chi connectivity index (χ1v) is 4.65. The predicted octanol–water partition coefficient (Wildman–Crippen LogP) is 0.875. The van der Waals surface area contributed by atoms with Crippen molar-refractivity contribution < 1.29 is 0 Å². The van der Waals surface area contributed by atoms with Gasteiger partial charge in [0.15, 0.2) is 0 Å². The summed E-state index contributed by atoms with van der Waals surface area (Å²) in [7, 11) is 0. The van der Waals surface area contributed by atoms with Crippen LogP contribution in [0.15, 0.2) is 12.4 Å². The Morgan fingerprint density at radius 1 is 1.42 bits per heavy atom. The lowest BCUT2D eigenvalue weighted by Crippen LogP contribution is -2.31. The van der Waals surface area contributed by atoms with Crippen molar-refractivity contribution in [3.8, 4) is 0 Å². The molecular formula is C9H13N3. The van der Waals surface area contributed by atoms with E-state index < -0.39 is 0 Å². The van der Waals surface area contributed by atoms with Gasteiger partial charge in [-0.25, -0.2) is 0 Å². The van der Waals surface area contributed by atoms with Gasteiger partial charge < -0.3 is 5.32 Å². The number of nitrogens with zero attached hydrogens (tertiary/aromatic N) is 1. The molecule has 1 saturated carbocycles. The summed E-state index contributed by atoms with van der Waals surface area (Å²) in [5.41, 5.74) is 1.38. The maximum Gasteiger partial charge on any atom is 0.0522 e. The maximum atomic E-state index is 4.00. The Morgan fingerprint density at radius 3 is 3.00 bits per heavy atom. The fourth-order valence-electron chi connectivity index (χ4n) is 2.69. The second kappa shape index (κ2) is 2.33. The van der Waals surface area contributed by atoms with Gasteiger partial charge in [0.25, 0.3) is 0 Å². The zero-order chi connectivity index (χ0) is 7.97. The molecule has 1 aliphatic heterocycles. The van der Waals surface area contributed by atoms with Gasteiger partial charge in [-0.15, -0.1) is 0 Å². The van der Waals surface area contributed by atoms with Crippen LogP contribution in [0.1, 0.15) is 24.3 Å². The Morgan fingerprint density at radius 2 is 2.42 bits per heavy atom. The molecule has 3 heteroatoms. The number of hydrogen-bond donors (Lipinski definition) is 2. The number of piperidine rings is 1. The van der Waals surface area contributed by atoms with Crippen molar-refractivity contribution in [2.45, 2.75) is 24.8 Å². The molecule has 0 spiro atoms. The fourth-order valence-corrected chi connectivity index (χ4v) is 2.69. The van der Waals surface area contributed by atoms with Crippen LogP contribution in [-0.4, -0.2) is 22.8 Å². The summed E-state index contributed by atoms with van der Waals surface area (Å²) in [6.45, 7) is 1.24. The van der Waals surface area contributed by atoms with Crippen molar-refractivity contribution in [2.24, 2.45) is 5.92 Å². The molecule has 2 fully saturated rings. The summed E-state index contributed by atoms with van der Waals surface area (Å²) in [6, 6.07) is 0.729. The molecule has 1 aromatic heterocycles. The van der Waals surface area contributed by atoms with Crippen LogP contribution < -0.4 is 5.32 Å². The standard InChI is InChI=1S/C9H13N3/c1-6-2-9(10-3-6)8(1)7-4-11-12-5-7/h4-6,8-10H,1-3H2,(H,11,12). The van der Waals surface area contributed by atoms with Gasteiger partial charge in [-0.1, -0.05) is 0 Å². The first-order chi connectivity index (χ1) is 5.93. The van der Waals surface area contributed by atoms with Crippen LogP contribution in [0.5, 0.6) is 0 Å². The van der Waals surface area contributed by atoms with E-state index in [1.54, 1.807) is 0 Å². The highest BCUT2D eigenvalue weighted by Gasteiger charge is 2.40. The van der Waals surface area contributed by atoms with Crippen LogP contribution in [0.2, 0.25) is 0 Å². The number of H-pyrrole nitrogens is 1. The van der Waals surface area contributed by atoms with Gasteiger partial charge >= 0.3 is 0 Å². The van der Waals surface area contributed by atoms with E-state index in [9.17, 15) is 0 Å². The van der Waals surface area contributed by atoms with Crippen LogP contribution in [0.4, 0.5) is 0 Å². The molecule has 1 aliphatic carbocycles. The highest BCUT2D eigenvalue weighted by Crippen LogP contribution is 2.41. The summed E-state index contributed by atoms with van der Waals surface area (Å²) in [5, 5.41) is 10.4. The summed E-state index contributed by atoms with van der Waals surface area (Å²) < 4.78 is 0. The Bertz CT molecular complexity index is 267. The largest absolute Gasteiger partial charge is 0.313 e. The van der Waals surface area contributed by atoms with Crippen LogP contribution in [0.3, 0.4) is 0 Å². The Labute approximate surface area is 71.6 Å². The number of rotatable bonds is 1. The minimum Gasteiger partial charge on any atom is -0.313 e. The molecule has 2 N–H and O–H groups in total. The van der Waals surface area contributed by atoms with Gasteiger partial charge in [-0.05, 0) is 30.9 Å². The first kappa shape index (κ1) is 6.66. The molecule has 2 bridgehead atoms. The average Bonchev–Trinajstić information content (AvgIpc) is 2.81. The van der Waals surface area contributed by atoms with Gasteiger partial charge in [-0.3, -0.25) is 5.10 Å². The van der Waals surface area contributed by atoms with E-state index in [2.05, 4.69) is 15.5 Å². The molecule has 0 amide bonds. The number of nitrogens with one attached hydrogen (secondary N) is 2. The summed E-state index contributed by atoms with van der Waals surface area (Å²) in [6.07, 6.45) is 6.73.